The standard InChI is InChI=1S/C6H12N2O2/c1-8-4-2-3(5(4)7)6(9)10/h3-5,8H,2,7H2,1H3,(H,9,10). The Balaban J connectivity index is 2.39. The number of carboxylic acid groups (broad SMARTS) is 1. The molecule has 0 saturated heterocycles. The van der Waals surface area contributed by atoms with E-state index in [4.69, 9.17) is 10.8 Å². The van der Waals surface area contributed by atoms with Crippen molar-refractivity contribution in [3.63, 3.8) is 0 Å². The van der Waals surface area contributed by atoms with Crippen LogP contribution in [-0.4, -0.2) is 30.2 Å². The Bertz CT molecular complexity index is 149. The second-order valence-corrected chi connectivity index (χ2v) is 2.65. The largest absolute Gasteiger partial charge is 0.481 e. The summed E-state index contributed by atoms with van der Waals surface area (Å²) in [5.41, 5.74) is 5.54. The second kappa shape index (κ2) is 2.56. The fourth-order valence-electron chi connectivity index (χ4n) is 1.25. The third-order valence-electron chi connectivity index (χ3n) is 2.13. The van der Waals surface area contributed by atoms with Gasteiger partial charge in [-0.1, -0.05) is 0 Å². The van der Waals surface area contributed by atoms with Gasteiger partial charge in [0.1, 0.15) is 0 Å². The van der Waals surface area contributed by atoms with Crippen molar-refractivity contribution in [1.29, 1.82) is 0 Å². The van der Waals surface area contributed by atoms with Crippen molar-refractivity contribution in [3.05, 3.63) is 0 Å². The molecule has 4 N–H and O–H groups in total. The molecule has 0 aliphatic heterocycles. The predicted octanol–water partition coefficient (Wildman–Crippen LogP) is -0.994. The van der Waals surface area contributed by atoms with Gasteiger partial charge in [0.15, 0.2) is 0 Å². The highest BCUT2D eigenvalue weighted by Crippen LogP contribution is 2.25. The van der Waals surface area contributed by atoms with Gasteiger partial charge in [0.2, 0.25) is 0 Å². The highest BCUT2D eigenvalue weighted by Gasteiger charge is 2.41. The van der Waals surface area contributed by atoms with Crippen molar-refractivity contribution in [2.45, 2.75) is 18.5 Å². The van der Waals surface area contributed by atoms with E-state index < -0.39 is 5.97 Å². The van der Waals surface area contributed by atoms with Gasteiger partial charge in [0.25, 0.3) is 0 Å². The summed E-state index contributed by atoms with van der Waals surface area (Å²) in [4.78, 5) is 10.3. The van der Waals surface area contributed by atoms with Crippen LogP contribution in [0.15, 0.2) is 0 Å². The Kier molecular flexibility index (Phi) is 1.92. The lowest BCUT2D eigenvalue weighted by Crippen LogP contribution is -2.60. The maximum Gasteiger partial charge on any atom is 0.308 e. The maximum absolute atomic E-state index is 10.3. The number of likely N-dealkylation sites (N-methyl/N-ethyl adjacent to an activating group) is 1. The van der Waals surface area contributed by atoms with Crippen molar-refractivity contribution in [2.75, 3.05) is 7.05 Å². The van der Waals surface area contributed by atoms with Gasteiger partial charge in [0, 0.05) is 12.1 Å². The van der Waals surface area contributed by atoms with Crippen LogP contribution >= 0.6 is 0 Å². The fraction of sp³-hybridized carbons (Fsp3) is 0.833. The van der Waals surface area contributed by atoms with Crippen LogP contribution in [-0.2, 0) is 4.79 Å². The molecule has 1 aliphatic carbocycles. The van der Waals surface area contributed by atoms with Gasteiger partial charge in [-0.05, 0) is 13.5 Å². The zero-order valence-corrected chi connectivity index (χ0v) is 5.87. The van der Waals surface area contributed by atoms with Gasteiger partial charge in [-0.25, -0.2) is 0 Å². The first-order valence-electron chi connectivity index (χ1n) is 3.32. The summed E-state index contributed by atoms with van der Waals surface area (Å²) in [5.74, 6) is -1.11. The SMILES string of the molecule is CNC1CC(C(=O)O)C1N. The first-order valence-corrected chi connectivity index (χ1v) is 3.32. The summed E-state index contributed by atoms with van der Waals surface area (Å²) in [7, 11) is 1.79. The van der Waals surface area contributed by atoms with Gasteiger partial charge in [0.05, 0.1) is 5.92 Å². The van der Waals surface area contributed by atoms with Crippen molar-refractivity contribution < 1.29 is 9.90 Å². The van der Waals surface area contributed by atoms with Gasteiger partial charge < -0.3 is 16.2 Å². The minimum atomic E-state index is -0.779. The van der Waals surface area contributed by atoms with E-state index in [-0.39, 0.29) is 18.0 Å². The van der Waals surface area contributed by atoms with Crippen LogP contribution in [0, 0.1) is 5.92 Å². The molecule has 0 bridgehead atoms. The van der Waals surface area contributed by atoms with Gasteiger partial charge in [-0.3, -0.25) is 4.79 Å². The van der Waals surface area contributed by atoms with E-state index in [1.54, 1.807) is 7.05 Å². The molecule has 0 radical (unpaired) electrons. The molecule has 3 unspecified atom stereocenters. The van der Waals surface area contributed by atoms with Gasteiger partial charge in [-0.2, -0.15) is 0 Å². The number of rotatable bonds is 2. The maximum atomic E-state index is 10.3. The van der Waals surface area contributed by atoms with Crippen LogP contribution in [0.5, 0.6) is 0 Å². The molecule has 1 aliphatic rings. The van der Waals surface area contributed by atoms with E-state index in [2.05, 4.69) is 5.32 Å². The van der Waals surface area contributed by atoms with E-state index in [1.807, 2.05) is 0 Å². The van der Waals surface area contributed by atoms with Crippen LogP contribution < -0.4 is 11.1 Å². The number of carboxylic acids is 1. The third-order valence-corrected chi connectivity index (χ3v) is 2.13. The van der Waals surface area contributed by atoms with Crippen LogP contribution in [0.25, 0.3) is 0 Å². The Labute approximate surface area is 59.4 Å². The molecule has 0 spiro atoms. The number of hydrogen-bond acceptors (Lipinski definition) is 3. The summed E-state index contributed by atoms with van der Waals surface area (Å²) in [6.07, 6.45) is 0.660. The van der Waals surface area contributed by atoms with Crippen molar-refractivity contribution >= 4 is 5.97 Å². The highest BCUT2D eigenvalue weighted by molar-refractivity contribution is 5.72. The van der Waals surface area contributed by atoms with Crippen LogP contribution in [0.3, 0.4) is 0 Å². The van der Waals surface area contributed by atoms with Gasteiger partial charge >= 0.3 is 5.97 Å². The van der Waals surface area contributed by atoms with Crippen LogP contribution in [0.1, 0.15) is 6.42 Å². The van der Waals surface area contributed by atoms with E-state index in [1.165, 1.54) is 0 Å². The first-order chi connectivity index (χ1) is 4.66. The Hall–Kier alpha value is -0.610. The predicted molar refractivity (Wildman–Crippen MR) is 36.6 cm³/mol. The van der Waals surface area contributed by atoms with Crippen molar-refractivity contribution in [1.82, 2.24) is 5.32 Å². The molecule has 0 amide bonds. The van der Waals surface area contributed by atoms with E-state index >= 15 is 0 Å². The molecule has 10 heavy (non-hydrogen) atoms. The number of hydrogen-bond donors (Lipinski definition) is 3. The molecule has 0 aromatic rings. The molecule has 1 rings (SSSR count). The molecular formula is C6H12N2O2. The fourth-order valence-corrected chi connectivity index (χ4v) is 1.25. The molecule has 0 aromatic carbocycles. The zero-order valence-electron chi connectivity index (χ0n) is 5.87. The number of nitrogens with one attached hydrogen (secondary N) is 1. The van der Waals surface area contributed by atoms with E-state index in [9.17, 15) is 4.79 Å². The normalized spacial score (nSPS) is 38.8. The first kappa shape index (κ1) is 7.50. The van der Waals surface area contributed by atoms with E-state index in [0.29, 0.717) is 6.42 Å². The number of aliphatic carboxylic acids is 1. The lowest BCUT2D eigenvalue weighted by Gasteiger charge is -2.39. The Morgan fingerprint density at radius 3 is 2.70 bits per heavy atom. The number of carbonyl (C=O) groups is 1. The topological polar surface area (TPSA) is 75.3 Å². The summed E-state index contributed by atoms with van der Waals surface area (Å²) in [5, 5.41) is 11.5. The monoisotopic (exact) mass is 144 g/mol. The lowest BCUT2D eigenvalue weighted by molar-refractivity contribution is -0.146. The number of nitrogens with two attached hydrogens (primary N) is 1. The molecule has 4 heteroatoms. The Morgan fingerprint density at radius 2 is 2.40 bits per heavy atom. The average Bonchev–Trinajstić information content (AvgIpc) is 1.85. The average molecular weight is 144 g/mol. The minimum Gasteiger partial charge on any atom is -0.481 e. The Morgan fingerprint density at radius 1 is 1.80 bits per heavy atom. The smallest absolute Gasteiger partial charge is 0.308 e. The molecule has 1 fully saturated rings. The molecule has 4 nitrogen and oxygen atoms in total. The quantitative estimate of drug-likeness (QED) is 0.465. The summed E-state index contributed by atoms with van der Waals surface area (Å²) in [6.45, 7) is 0. The van der Waals surface area contributed by atoms with Crippen LogP contribution in [0.2, 0.25) is 0 Å². The molecule has 58 valence electrons. The molecule has 0 heterocycles. The highest BCUT2D eigenvalue weighted by atomic mass is 16.4. The molecule has 1 saturated carbocycles. The van der Waals surface area contributed by atoms with Crippen LogP contribution in [0.4, 0.5) is 0 Å². The van der Waals surface area contributed by atoms with Gasteiger partial charge in [-0.15, -0.1) is 0 Å². The minimum absolute atomic E-state index is 0.195. The molecule has 3 atom stereocenters. The van der Waals surface area contributed by atoms with Crippen molar-refractivity contribution in [2.24, 2.45) is 11.7 Å². The third kappa shape index (κ3) is 0.998. The summed E-state index contributed by atoms with van der Waals surface area (Å²) >= 11 is 0. The second-order valence-electron chi connectivity index (χ2n) is 2.65. The zero-order chi connectivity index (χ0) is 7.72. The van der Waals surface area contributed by atoms with Crippen molar-refractivity contribution in [3.8, 4) is 0 Å². The summed E-state index contributed by atoms with van der Waals surface area (Å²) in [6, 6.07) is -0.0106. The summed E-state index contributed by atoms with van der Waals surface area (Å²) < 4.78 is 0. The molecule has 0 aromatic heterocycles. The van der Waals surface area contributed by atoms with E-state index in [0.717, 1.165) is 0 Å². The molecular weight excluding hydrogens is 132 g/mol. The lowest BCUT2D eigenvalue weighted by atomic mass is 9.75.